The van der Waals surface area contributed by atoms with Crippen molar-refractivity contribution in [1.82, 2.24) is 19.6 Å². The molecule has 0 aliphatic carbocycles. The van der Waals surface area contributed by atoms with Gasteiger partial charge >= 0.3 is 0 Å². The summed E-state index contributed by atoms with van der Waals surface area (Å²) in [6.45, 7) is 2.52. The third-order valence-electron chi connectivity index (χ3n) is 2.74. The Morgan fingerprint density at radius 3 is 2.75 bits per heavy atom. The zero-order chi connectivity index (χ0) is 14.0. The van der Waals surface area contributed by atoms with Gasteiger partial charge in [0.05, 0.1) is 6.20 Å². The van der Waals surface area contributed by atoms with Gasteiger partial charge < -0.3 is 11.1 Å². The Morgan fingerprint density at radius 2 is 2.25 bits per heavy atom. The van der Waals surface area contributed by atoms with Crippen LogP contribution >= 0.6 is 12.4 Å². The molecule has 0 aliphatic rings. The first-order valence-electron chi connectivity index (χ1n) is 5.80. The number of aryl methyl sites for hydroxylation is 2. The Hall–Kier alpha value is -2.09. The molecule has 0 atom stereocenters. The Morgan fingerprint density at radius 1 is 1.55 bits per heavy atom. The molecular weight excluding hydrogens is 287 g/mol. The lowest BCUT2D eigenvalue weighted by atomic mass is 10.3. The van der Waals surface area contributed by atoms with Crippen molar-refractivity contribution < 1.29 is 9.18 Å². The predicted molar refractivity (Wildman–Crippen MR) is 74.2 cm³/mol. The molecule has 3 N–H and O–H groups in total. The van der Waals surface area contributed by atoms with Gasteiger partial charge in [0.2, 0.25) is 5.95 Å². The number of hydrogen-bond donors (Lipinski definition) is 2. The Bertz CT molecular complexity index is 608. The molecule has 0 saturated heterocycles. The molecule has 0 fully saturated rings. The molecule has 2 aromatic rings. The van der Waals surface area contributed by atoms with E-state index in [1.54, 1.807) is 7.05 Å². The number of halogens is 2. The SMILES string of the molecule is CCn1ncc(CNc2cc(C(N)=O)n(C)n2)c1F.Cl. The van der Waals surface area contributed by atoms with Crippen molar-refractivity contribution in [2.45, 2.75) is 20.0 Å². The van der Waals surface area contributed by atoms with Crippen molar-refractivity contribution in [1.29, 1.82) is 0 Å². The fraction of sp³-hybridized carbons (Fsp3) is 0.364. The summed E-state index contributed by atoms with van der Waals surface area (Å²) in [5.41, 5.74) is 5.90. The number of anilines is 1. The molecule has 0 aromatic carbocycles. The van der Waals surface area contributed by atoms with E-state index in [0.29, 0.717) is 17.9 Å². The molecule has 20 heavy (non-hydrogen) atoms. The van der Waals surface area contributed by atoms with Crippen LogP contribution in [-0.2, 0) is 20.1 Å². The van der Waals surface area contributed by atoms with Crippen molar-refractivity contribution in [3.05, 3.63) is 29.5 Å². The number of aromatic nitrogens is 4. The molecular formula is C11H16ClFN6O. The number of carbonyl (C=O) groups is 1. The minimum atomic E-state index is -0.562. The van der Waals surface area contributed by atoms with Crippen molar-refractivity contribution in [3.63, 3.8) is 0 Å². The van der Waals surface area contributed by atoms with E-state index in [1.807, 2.05) is 6.92 Å². The van der Waals surface area contributed by atoms with Crippen molar-refractivity contribution >= 4 is 24.1 Å². The van der Waals surface area contributed by atoms with Crippen LogP contribution in [0.1, 0.15) is 23.0 Å². The van der Waals surface area contributed by atoms with Crippen LogP contribution in [0.3, 0.4) is 0 Å². The van der Waals surface area contributed by atoms with Gasteiger partial charge in [-0.3, -0.25) is 9.48 Å². The Labute approximate surface area is 121 Å². The van der Waals surface area contributed by atoms with Gasteiger partial charge in [0.25, 0.3) is 5.91 Å². The highest BCUT2D eigenvalue weighted by atomic mass is 35.5. The number of nitrogens with zero attached hydrogens (tertiary/aromatic N) is 4. The molecule has 110 valence electrons. The van der Waals surface area contributed by atoms with E-state index >= 15 is 0 Å². The van der Waals surface area contributed by atoms with Gasteiger partial charge in [-0.05, 0) is 6.92 Å². The number of hydrogen-bond acceptors (Lipinski definition) is 4. The minimum absolute atomic E-state index is 0. The van der Waals surface area contributed by atoms with Crippen LogP contribution in [0.2, 0.25) is 0 Å². The van der Waals surface area contributed by atoms with Crippen LogP contribution < -0.4 is 11.1 Å². The van der Waals surface area contributed by atoms with E-state index in [-0.39, 0.29) is 30.6 Å². The third-order valence-corrected chi connectivity index (χ3v) is 2.74. The number of rotatable bonds is 5. The van der Waals surface area contributed by atoms with E-state index in [4.69, 9.17) is 5.73 Å². The monoisotopic (exact) mass is 302 g/mol. The normalized spacial score (nSPS) is 10.2. The van der Waals surface area contributed by atoms with Crippen LogP contribution in [0, 0.1) is 5.95 Å². The molecule has 7 nitrogen and oxygen atoms in total. The van der Waals surface area contributed by atoms with Crippen molar-refractivity contribution in [3.8, 4) is 0 Å². The van der Waals surface area contributed by atoms with Crippen LogP contribution in [0.25, 0.3) is 0 Å². The average Bonchev–Trinajstić information content (AvgIpc) is 2.90. The smallest absolute Gasteiger partial charge is 0.267 e. The number of primary amides is 1. The summed E-state index contributed by atoms with van der Waals surface area (Å²) >= 11 is 0. The molecule has 2 rings (SSSR count). The lowest BCUT2D eigenvalue weighted by molar-refractivity contribution is 0.0991. The lowest BCUT2D eigenvalue weighted by Gasteiger charge is -2.01. The molecule has 0 radical (unpaired) electrons. The van der Waals surface area contributed by atoms with Gasteiger partial charge in [0.1, 0.15) is 11.5 Å². The summed E-state index contributed by atoms with van der Waals surface area (Å²) in [6.07, 6.45) is 1.46. The summed E-state index contributed by atoms with van der Waals surface area (Å²) in [5, 5.41) is 10.9. The number of nitrogens with one attached hydrogen (secondary N) is 1. The summed E-state index contributed by atoms with van der Waals surface area (Å²) in [6, 6.07) is 1.52. The van der Waals surface area contributed by atoms with E-state index in [9.17, 15) is 9.18 Å². The van der Waals surface area contributed by atoms with Gasteiger partial charge in [-0.1, -0.05) is 0 Å². The highest BCUT2D eigenvalue weighted by Gasteiger charge is 2.12. The maximum atomic E-state index is 13.7. The molecule has 2 heterocycles. The van der Waals surface area contributed by atoms with Gasteiger partial charge in [-0.2, -0.15) is 14.6 Å². The van der Waals surface area contributed by atoms with Gasteiger partial charge in [0, 0.05) is 31.8 Å². The van der Waals surface area contributed by atoms with Crippen LogP contribution in [0.4, 0.5) is 10.2 Å². The highest BCUT2D eigenvalue weighted by Crippen LogP contribution is 2.12. The van der Waals surface area contributed by atoms with Crippen LogP contribution in [0.15, 0.2) is 12.3 Å². The minimum Gasteiger partial charge on any atom is -0.364 e. The number of carbonyl (C=O) groups excluding carboxylic acids is 1. The van der Waals surface area contributed by atoms with E-state index in [1.165, 1.54) is 21.6 Å². The molecule has 1 amide bonds. The van der Waals surface area contributed by atoms with Gasteiger partial charge in [0.15, 0.2) is 0 Å². The second-order valence-corrected chi connectivity index (χ2v) is 4.03. The first-order valence-corrected chi connectivity index (χ1v) is 5.80. The first-order chi connectivity index (χ1) is 9.02. The second kappa shape index (κ2) is 6.38. The summed E-state index contributed by atoms with van der Waals surface area (Å²) in [4.78, 5) is 11.1. The Balaban J connectivity index is 0.00000200. The molecule has 0 unspecified atom stereocenters. The molecule has 0 saturated carbocycles. The van der Waals surface area contributed by atoms with Crippen molar-refractivity contribution in [2.75, 3.05) is 5.32 Å². The first kappa shape index (κ1) is 16.0. The third kappa shape index (κ3) is 3.08. The Kier molecular flexibility index (Phi) is 5.09. The number of amides is 1. The quantitative estimate of drug-likeness (QED) is 0.859. The number of nitrogens with two attached hydrogens (primary N) is 1. The summed E-state index contributed by atoms with van der Waals surface area (Å²) in [5.74, 6) is -0.478. The van der Waals surface area contributed by atoms with Crippen molar-refractivity contribution in [2.24, 2.45) is 12.8 Å². The maximum absolute atomic E-state index is 13.7. The lowest BCUT2D eigenvalue weighted by Crippen LogP contribution is -2.15. The van der Waals surface area contributed by atoms with Crippen LogP contribution in [0.5, 0.6) is 0 Å². The average molecular weight is 303 g/mol. The molecule has 2 aromatic heterocycles. The molecule has 9 heteroatoms. The van der Waals surface area contributed by atoms with Gasteiger partial charge in [-0.15, -0.1) is 12.4 Å². The predicted octanol–water partition coefficient (Wildman–Crippen LogP) is 0.908. The topological polar surface area (TPSA) is 90.8 Å². The summed E-state index contributed by atoms with van der Waals surface area (Å²) < 4.78 is 16.3. The van der Waals surface area contributed by atoms with E-state index in [0.717, 1.165) is 0 Å². The van der Waals surface area contributed by atoms with Gasteiger partial charge in [-0.25, -0.2) is 4.68 Å². The molecule has 0 aliphatic heterocycles. The standard InChI is InChI=1S/C11H15FN6O.ClH/c1-3-18-10(12)7(6-15-18)5-14-9-4-8(11(13)19)17(2)16-9;/h4,6H,3,5H2,1-2H3,(H2,13,19)(H,14,16);1H. The molecule has 0 spiro atoms. The fourth-order valence-corrected chi connectivity index (χ4v) is 1.72. The zero-order valence-corrected chi connectivity index (χ0v) is 11.9. The van der Waals surface area contributed by atoms with E-state index < -0.39 is 5.91 Å². The largest absolute Gasteiger partial charge is 0.364 e. The van der Waals surface area contributed by atoms with E-state index in [2.05, 4.69) is 15.5 Å². The second-order valence-electron chi connectivity index (χ2n) is 4.03. The zero-order valence-electron chi connectivity index (χ0n) is 11.1. The molecule has 0 bridgehead atoms. The summed E-state index contributed by atoms with van der Waals surface area (Å²) in [7, 11) is 1.61. The van der Waals surface area contributed by atoms with Crippen LogP contribution in [-0.4, -0.2) is 25.5 Å². The highest BCUT2D eigenvalue weighted by molar-refractivity contribution is 5.91. The fourth-order valence-electron chi connectivity index (χ4n) is 1.72. The maximum Gasteiger partial charge on any atom is 0.267 e.